The Morgan fingerprint density at radius 2 is 2.05 bits per heavy atom. The normalized spacial score (nSPS) is 12.0. The monoisotopic (exact) mass is 331 g/mol. The summed E-state index contributed by atoms with van der Waals surface area (Å²) in [6.45, 7) is 1.76. The molecule has 0 aliphatic heterocycles. The van der Waals surface area contributed by atoms with Gasteiger partial charge in [-0.05, 0) is 39.2 Å². The Balaban J connectivity index is 2.38. The molecule has 1 amide bonds. The van der Waals surface area contributed by atoms with Crippen LogP contribution in [0.25, 0.3) is 0 Å². The van der Waals surface area contributed by atoms with Gasteiger partial charge in [-0.2, -0.15) is 4.31 Å². The van der Waals surface area contributed by atoms with Gasteiger partial charge in [0, 0.05) is 19.5 Å². The molecule has 0 aliphatic rings. The van der Waals surface area contributed by atoms with Crippen molar-refractivity contribution in [3.05, 3.63) is 24.2 Å². The summed E-state index contributed by atoms with van der Waals surface area (Å²) in [6.07, 6.45) is 3.62. The largest absolute Gasteiger partial charge is 0.468 e. The Labute approximate surface area is 132 Å². The van der Waals surface area contributed by atoms with Gasteiger partial charge in [0.2, 0.25) is 15.9 Å². The first-order chi connectivity index (χ1) is 10.3. The van der Waals surface area contributed by atoms with Crippen molar-refractivity contribution in [1.29, 1.82) is 0 Å². The smallest absolute Gasteiger partial charge is 0.221 e. The molecule has 0 saturated carbocycles. The second kappa shape index (κ2) is 8.92. The van der Waals surface area contributed by atoms with Crippen molar-refractivity contribution < 1.29 is 17.6 Å². The maximum atomic E-state index is 11.8. The van der Waals surface area contributed by atoms with Crippen LogP contribution in [-0.2, 0) is 21.4 Å². The van der Waals surface area contributed by atoms with Crippen LogP contribution in [0.2, 0.25) is 0 Å². The maximum absolute atomic E-state index is 11.8. The van der Waals surface area contributed by atoms with E-state index in [1.807, 2.05) is 19.0 Å². The summed E-state index contributed by atoms with van der Waals surface area (Å²) in [6, 6.07) is 3.41. The summed E-state index contributed by atoms with van der Waals surface area (Å²) in [7, 11) is 0.559. The maximum Gasteiger partial charge on any atom is 0.221 e. The molecule has 126 valence electrons. The molecule has 1 N–H and O–H groups in total. The molecule has 0 unspecified atom stereocenters. The summed E-state index contributed by atoms with van der Waals surface area (Å²) in [5, 5.41) is 2.79. The number of nitrogens with zero attached hydrogens (tertiary/aromatic N) is 2. The van der Waals surface area contributed by atoms with Crippen molar-refractivity contribution in [3.8, 4) is 0 Å². The Morgan fingerprint density at radius 3 is 2.59 bits per heavy atom. The number of hydrogen-bond acceptors (Lipinski definition) is 5. The molecule has 0 aliphatic carbocycles. The lowest BCUT2D eigenvalue weighted by Gasteiger charge is -2.18. The molecule has 1 aromatic heterocycles. The van der Waals surface area contributed by atoms with Gasteiger partial charge < -0.3 is 14.6 Å². The highest BCUT2D eigenvalue weighted by Gasteiger charge is 2.19. The topological polar surface area (TPSA) is 82.9 Å². The molecule has 1 rings (SSSR count). The lowest BCUT2D eigenvalue weighted by atomic mass is 10.3. The summed E-state index contributed by atoms with van der Waals surface area (Å²) in [5.74, 6) is 0.406. The van der Waals surface area contributed by atoms with Crippen LogP contribution < -0.4 is 5.32 Å². The van der Waals surface area contributed by atoms with E-state index in [1.165, 1.54) is 10.6 Å². The van der Waals surface area contributed by atoms with Crippen molar-refractivity contribution in [2.45, 2.75) is 19.4 Å². The minimum atomic E-state index is -3.39. The molecule has 0 atom stereocenters. The minimum absolute atomic E-state index is 0.135. The molecule has 22 heavy (non-hydrogen) atoms. The second-order valence-corrected chi connectivity index (χ2v) is 7.42. The minimum Gasteiger partial charge on any atom is -0.468 e. The van der Waals surface area contributed by atoms with Gasteiger partial charge in [-0.3, -0.25) is 4.79 Å². The number of sulfonamides is 1. The van der Waals surface area contributed by atoms with Crippen LogP contribution in [0.4, 0.5) is 0 Å². The fourth-order valence-corrected chi connectivity index (χ4v) is 2.66. The molecule has 0 aromatic carbocycles. The van der Waals surface area contributed by atoms with Crippen molar-refractivity contribution in [2.75, 3.05) is 40.0 Å². The van der Waals surface area contributed by atoms with Gasteiger partial charge in [0.05, 0.1) is 19.1 Å². The standard InChI is InChI=1S/C14H25N3O4S/c1-16(2)9-5-8-15-14(18)7-10-17(22(3,19)20)12-13-6-4-11-21-13/h4,6,11H,5,7-10,12H2,1-3H3,(H,15,18). The van der Waals surface area contributed by atoms with Gasteiger partial charge in [-0.25, -0.2) is 8.42 Å². The molecule has 0 spiro atoms. The van der Waals surface area contributed by atoms with Gasteiger partial charge in [-0.15, -0.1) is 0 Å². The van der Waals surface area contributed by atoms with E-state index in [0.717, 1.165) is 19.2 Å². The summed E-state index contributed by atoms with van der Waals surface area (Å²) >= 11 is 0. The molecular weight excluding hydrogens is 306 g/mol. The highest BCUT2D eigenvalue weighted by molar-refractivity contribution is 7.88. The zero-order valence-corrected chi connectivity index (χ0v) is 14.2. The van der Waals surface area contributed by atoms with E-state index in [-0.39, 0.29) is 25.4 Å². The van der Waals surface area contributed by atoms with E-state index >= 15 is 0 Å². The summed E-state index contributed by atoms with van der Waals surface area (Å²) < 4.78 is 29.9. The van der Waals surface area contributed by atoms with Crippen molar-refractivity contribution >= 4 is 15.9 Å². The Hall–Kier alpha value is -1.38. The Kier molecular flexibility index (Phi) is 7.57. The van der Waals surface area contributed by atoms with E-state index < -0.39 is 10.0 Å². The number of amides is 1. The molecule has 0 fully saturated rings. The third-order valence-corrected chi connectivity index (χ3v) is 4.32. The molecule has 0 saturated heterocycles. The van der Waals surface area contributed by atoms with Gasteiger partial charge in [-0.1, -0.05) is 0 Å². The molecule has 0 bridgehead atoms. The van der Waals surface area contributed by atoms with Crippen molar-refractivity contribution in [3.63, 3.8) is 0 Å². The fraction of sp³-hybridized carbons (Fsp3) is 0.643. The predicted octanol–water partition coefficient (Wildman–Crippen LogP) is 0.499. The summed E-state index contributed by atoms with van der Waals surface area (Å²) in [5.41, 5.74) is 0. The van der Waals surface area contributed by atoms with Crippen LogP contribution in [0, 0.1) is 0 Å². The third-order valence-electron chi connectivity index (χ3n) is 3.07. The number of furan rings is 1. The molecular formula is C14H25N3O4S. The van der Waals surface area contributed by atoms with Gasteiger partial charge in [0.15, 0.2) is 0 Å². The Morgan fingerprint density at radius 1 is 1.32 bits per heavy atom. The van der Waals surface area contributed by atoms with Crippen LogP contribution in [0.3, 0.4) is 0 Å². The fourth-order valence-electron chi connectivity index (χ4n) is 1.88. The van der Waals surface area contributed by atoms with Crippen LogP contribution in [0.15, 0.2) is 22.8 Å². The predicted molar refractivity (Wildman–Crippen MR) is 84.8 cm³/mol. The average Bonchev–Trinajstić information content (AvgIpc) is 2.91. The van der Waals surface area contributed by atoms with Gasteiger partial charge in [0.25, 0.3) is 0 Å². The summed E-state index contributed by atoms with van der Waals surface area (Å²) in [4.78, 5) is 13.8. The SMILES string of the molecule is CN(C)CCCNC(=O)CCN(Cc1ccco1)S(C)(=O)=O. The zero-order valence-electron chi connectivity index (χ0n) is 13.4. The van der Waals surface area contributed by atoms with Crippen molar-refractivity contribution in [2.24, 2.45) is 0 Å². The van der Waals surface area contributed by atoms with Crippen LogP contribution >= 0.6 is 0 Å². The Bertz CT molecular complexity index is 540. The molecule has 1 heterocycles. The second-order valence-electron chi connectivity index (χ2n) is 5.43. The van der Waals surface area contributed by atoms with Crippen LogP contribution in [-0.4, -0.2) is 63.5 Å². The third kappa shape index (κ3) is 7.58. The average molecular weight is 331 g/mol. The zero-order chi connectivity index (χ0) is 16.6. The molecule has 0 radical (unpaired) electrons. The van der Waals surface area contributed by atoms with Gasteiger partial charge >= 0.3 is 0 Å². The number of rotatable bonds is 10. The van der Waals surface area contributed by atoms with Crippen LogP contribution in [0.1, 0.15) is 18.6 Å². The van der Waals surface area contributed by atoms with E-state index in [4.69, 9.17) is 4.42 Å². The van der Waals surface area contributed by atoms with Gasteiger partial charge in [0.1, 0.15) is 5.76 Å². The highest BCUT2D eigenvalue weighted by Crippen LogP contribution is 2.09. The quantitative estimate of drug-likeness (QED) is 0.631. The number of nitrogens with one attached hydrogen (secondary N) is 1. The van der Waals surface area contributed by atoms with E-state index in [2.05, 4.69) is 5.32 Å². The number of hydrogen-bond donors (Lipinski definition) is 1. The lowest BCUT2D eigenvalue weighted by molar-refractivity contribution is -0.121. The number of carbonyl (C=O) groups is 1. The first-order valence-corrected chi connectivity index (χ1v) is 9.03. The van der Waals surface area contributed by atoms with E-state index in [1.54, 1.807) is 12.1 Å². The first-order valence-electron chi connectivity index (χ1n) is 7.18. The molecule has 1 aromatic rings. The first kappa shape index (κ1) is 18.7. The van der Waals surface area contributed by atoms with Crippen molar-refractivity contribution in [1.82, 2.24) is 14.5 Å². The highest BCUT2D eigenvalue weighted by atomic mass is 32.2. The van der Waals surface area contributed by atoms with E-state index in [9.17, 15) is 13.2 Å². The van der Waals surface area contributed by atoms with Crippen LogP contribution in [0.5, 0.6) is 0 Å². The van der Waals surface area contributed by atoms with E-state index in [0.29, 0.717) is 12.3 Å². The number of carbonyl (C=O) groups excluding carboxylic acids is 1. The lowest BCUT2D eigenvalue weighted by Crippen LogP contribution is -2.34. The molecule has 8 heteroatoms. The molecule has 7 nitrogen and oxygen atoms in total.